The summed E-state index contributed by atoms with van der Waals surface area (Å²) in [6.45, 7) is 5.50. The van der Waals surface area contributed by atoms with Crippen LogP contribution in [0.1, 0.15) is 33.6 Å². The van der Waals surface area contributed by atoms with Crippen LogP contribution in [0.15, 0.2) is 12.2 Å². The Morgan fingerprint density at radius 2 is 2.12 bits per heavy atom. The van der Waals surface area contributed by atoms with E-state index in [1.807, 2.05) is 19.1 Å². The molecule has 0 aromatic carbocycles. The lowest BCUT2D eigenvalue weighted by Crippen LogP contribution is -2.21. The van der Waals surface area contributed by atoms with Gasteiger partial charge in [0, 0.05) is 7.11 Å². The van der Waals surface area contributed by atoms with Crippen molar-refractivity contribution in [2.24, 2.45) is 0 Å². The molecule has 0 saturated carbocycles. The van der Waals surface area contributed by atoms with Gasteiger partial charge in [-0.1, -0.05) is 18.1 Å². The Kier molecular flexibility index (Phi) is 7.41. The lowest BCUT2D eigenvalue weighted by atomic mass is 10.2. The third kappa shape index (κ3) is 7.36. The van der Waals surface area contributed by atoms with Gasteiger partial charge in [0.1, 0.15) is 5.60 Å². The van der Waals surface area contributed by atoms with E-state index >= 15 is 0 Å². The number of hydrogen-bond donors (Lipinski definition) is 0. The summed E-state index contributed by atoms with van der Waals surface area (Å²) in [7, 11) is -2.28. The maximum absolute atomic E-state index is 12.0. The van der Waals surface area contributed by atoms with Crippen molar-refractivity contribution in [3.05, 3.63) is 12.2 Å². The monoisotopic (exact) mass is 260 g/mol. The maximum Gasteiger partial charge on any atom is 0.475 e. The summed E-state index contributed by atoms with van der Waals surface area (Å²) >= 11 is 0. The number of hydrogen-bond acceptors (Lipinski definition) is 4. The molecule has 17 heavy (non-hydrogen) atoms. The van der Waals surface area contributed by atoms with Crippen molar-refractivity contribution in [3.63, 3.8) is 0 Å². The summed E-state index contributed by atoms with van der Waals surface area (Å²) in [5, 5.41) is 0. The fourth-order valence-corrected chi connectivity index (χ4v) is 2.16. The van der Waals surface area contributed by atoms with Crippen molar-refractivity contribution in [2.75, 3.05) is 13.7 Å². The predicted octanol–water partition coefficient (Wildman–Crippen LogP) is 3.54. The number of phosphoric ester groups is 1. The normalized spacial score (nSPS) is 15.7. The first-order chi connectivity index (χ1) is 7.89. The van der Waals surface area contributed by atoms with E-state index in [9.17, 15) is 4.57 Å². The standard InChI is InChI=1S/C12H21O4P/c1-6-8-9-10-11-15-17(13,14-5)16-12(3,4)7-2/h2,6,8H,9-11H2,1,3-5H3. The van der Waals surface area contributed by atoms with Gasteiger partial charge in [0.2, 0.25) is 0 Å². The fraction of sp³-hybridized carbons (Fsp3) is 0.667. The molecule has 0 fully saturated rings. The summed E-state index contributed by atoms with van der Waals surface area (Å²) < 4.78 is 27.1. The molecule has 0 aromatic heterocycles. The van der Waals surface area contributed by atoms with Crippen LogP contribution in [0.5, 0.6) is 0 Å². The van der Waals surface area contributed by atoms with Crippen LogP contribution in [0.4, 0.5) is 0 Å². The fourth-order valence-electron chi connectivity index (χ4n) is 0.966. The molecule has 0 saturated heterocycles. The first-order valence-corrected chi connectivity index (χ1v) is 6.95. The summed E-state index contributed by atoms with van der Waals surface area (Å²) in [5.41, 5.74) is -0.977. The average Bonchev–Trinajstić information content (AvgIpc) is 2.28. The Labute approximate surface area is 104 Å². The van der Waals surface area contributed by atoms with Gasteiger partial charge in [0.15, 0.2) is 0 Å². The topological polar surface area (TPSA) is 44.8 Å². The highest BCUT2D eigenvalue weighted by Gasteiger charge is 2.32. The summed E-state index contributed by atoms with van der Waals surface area (Å²) in [6.07, 6.45) is 10.8. The van der Waals surface area contributed by atoms with Crippen molar-refractivity contribution in [1.82, 2.24) is 0 Å². The second-order valence-corrected chi connectivity index (χ2v) is 5.62. The first-order valence-electron chi connectivity index (χ1n) is 5.49. The third-order valence-corrected chi connectivity index (χ3v) is 3.54. The van der Waals surface area contributed by atoms with Gasteiger partial charge in [-0.2, -0.15) is 0 Å². The van der Waals surface area contributed by atoms with Gasteiger partial charge in [-0.05, 0) is 33.6 Å². The van der Waals surface area contributed by atoms with Gasteiger partial charge in [-0.3, -0.25) is 13.6 Å². The molecule has 0 aliphatic carbocycles. The lowest BCUT2D eigenvalue weighted by Gasteiger charge is -2.24. The molecule has 1 unspecified atom stereocenters. The number of allylic oxidation sites excluding steroid dienone is 2. The molecular formula is C12H21O4P. The summed E-state index contributed by atoms with van der Waals surface area (Å²) in [4.78, 5) is 0. The van der Waals surface area contributed by atoms with E-state index in [4.69, 9.17) is 20.0 Å². The molecule has 0 aliphatic rings. The minimum Gasteiger partial charge on any atom is -0.290 e. The Hall–Kier alpha value is -0.590. The van der Waals surface area contributed by atoms with Crippen molar-refractivity contribution < 1.29 is 18.1 Å². The van der Waals surface area contributed by atoms with Crippen LogP contribution in [-0.4, -0.2) is 19.3 Å². The SMILES string of the molecule is C#CC(C)(C)OP(=O)(OC)OCCCC=CC. The molecule has 0 bridgehead atoms. The zero-order chi connectivity index (χ0) is 13.4. The van der Waals surface area contributed by atoms with Gasteiger partial charge in [0.05, 0.1) is 6.61 Å². The smallest absolute Gasteiger partial charge is 0.290 e. The van der Waals surface area contributed by atoms with Crippen LogP contribution >= 0.6 is 7.82 Å². The van der Waals surface area contributed by atoms with Gasteiger partial charge >= 0.3 is 7.82 Å². The molecule has 0 radical (unpaired) electrons. The van der Waals surface area contributed by atoms with E-state index in [2.05, 4.69) is 5.92 Å². The van der Waals surface area contributed by atoms with Gasteiger partial charge in [-0.25, -0.2) is 4.57 Å². The van der Waals surface area contributed by atoms with E-state index in [1.54, 1.807) is 13.8 Å². The lowest BCUT2D eigenvalue weighted by molar-refractivity contribution is 0.0739. The van der Waals surface area contributed by atoms with E-state index in [1.165, 1.54) is 7.11 Å². The van der Waals surface area contributed by atoms with Gasteiger partial charge in [-0.15, -0.1) is 6.42 Å². The first kappa shape index (κ1) is 16.4. The summed E-state index contributed by atoms with van der Waals surface area (Å²) in [6, 6.07) is 0. The van der Waals surface area contributed by atoms with Crippen molar-refractivity contribution in [1.29, 1.82) is 0 Å². The number of unbranched alkanes of at least 4 members (excludes halogenated alkanes) is 1. The van der Waals surface area contributed by atoms with E-state index in [-0.39, 0.29) is 0 Å². The molecule has 0 spiro atoms. The highest BCUT2D eigenvalue weighted by atomic mass is 31.2. The minimum atomic E-state index is -3.55. The summed E-state index contributed by atoms with van der Waals surface area (Å²) in [5.74, 6) is 2.38. The van der Waals surface area contributed by atoms with Gasteiger partial charge in [0.25, 0.3) is 0 Å². The van der Waals surface area contributed by atoms with Gasteiger partial charge < -0.3 is 0 Å². The Morgan fingerprint density at radius 3 is 2.59 bits per heavy atom. The highest BCUT2D eigenvalue weighted by molar-refractivity contribution is 7.48. The zero-order valence-corrected chi connectivity index (χ0v) is 11.8. The zero-order valence-electron chi connectivity index (χ0n) is 10.9. The molecule has 4 nitrogen and oxygen atoms in total. The number of phosphoric acid groups is 1. The third-order valence-electron chi connectivity index (χ3n) is 1.91. The number of terminal acetylenes is 1. The highest BCUT2D eigenvalue weighted by Crippen LogP contribution is 2.51. The second-order valence-electron chi connectivity index (χ2n) is 3.92. The molecule has 98 valence electrons. The largest absolute Gasteiger partial charge is 0.475 e. The quantitative estimate of drug-likeness (QED) is 0.290. The Balaban J connectivity index is 4.21. The molecular weight excluding hydrogens is 239 g/mol. The molecule has 0 rings (SSSR count). The second kappa shape index (κ2) is 7.68. The molecule has 5 heteroatoms. The molecule has 1 atom stereocenters. The molecule has 0 N–H and O–H groups in total. The minimum absolute atomic E-state index is 0.302. The van der Waals surface area contributed by atoms with Crippen molar-refractivity contribution in [2.45, 2.75) is 39.2 Å². The average molecular weight is 260 g/mol. The molecule has 0 aromatic rings. The van der Waals surface area contributed by atoms with Crippen LogP contribution in [0.25, 0.3) is 0 Å². The van der Waals surface area contributed by atoms with E-state index in [0.717, 1.165) is 12.8 Å². The van der Waals surface area contributed by atoms with Crippen LogP contribution in [0, 0.1) is 12.3 Å². The number of rotatable bonds is 8. The van der Waals surface area contributed by atoms with E-state index < -0.39 is 13.4 Å². The Bertz CT molecular complexity index is 328. The van der Waals surface area contributed by atoms with Crippen molar-refractivity contribution in [3.8, 4) is 12.3 Å². The van der Waals surface area contributed by atoms with Crippen LogP contribution < -0.4 is 0 Å². The molecule has 0 heterocycles. The van der Waals surface area contributed by atoms with E-state index in [0.29, 0.717) is 6.61 Å². The maximum atomic E-state index is 12.0. The van der Waals surface area contributed by atoms with Crippen molar-refractivity contribution >= 4 is 7.82 Å². The van der Waals surface area contributed by atoms with Crippen LogP contribution in [-0.2, 0) is 18.1 Å². The molecule has 0 amide bonds. The van der Waals surface area contributed by atoms with Crippen LogP contribution in [0.2, 0.25) is 0 Å². The van der Waals surface area contributed by atoms with Crippen LogP contribution in [0.3, 0.4) is 0 Å². The molecule has 0 aliphatic heterocycles. The predicted molar refractivity (Wildman–Crippen MR) is 68.6 cm³/mol. The Morgan fingerprint density at radius 1 is 1.47 bits per heavy atom.